The smallest absolute Gasteiger partial charge is 0.224 e. The highest BCUT2D eigenvalue weighted by Gasteiger charge is 2.03. The number of nitrogens with one attached hydrogen (secondary N) is 1. The third-order valence-corrected chi connectivity index (χ3v) is 3.11. The van der Waals surface area contributed by atoms with E-state index in [9.17, 15) is 4.79 Å². The van der Waals surface area contributed by atoms with E-state index in [4.69, 9.17) is 10.00 Å². The van der Waals surface area contributed by atoms with E-state index in [1.165, 1.54) is 5.56 Å². The van der Waals surface area contributed by atoms with E-state index in [1.807, 2.05) is 37.3 Å². The Labute approximate surface area is 130 Å². The highest BCUT2D eigenvalue weighted by atomic mass is 16.5. The van der Waals surface area contributed by atoms with Gasteiger partial charge in [-0.3, -0.25) is 4.79 Å². The first kappa shape index (κ1) is 15.6. The number of ether oxygens (including phenoxy) is 1. The normalized spacial score (nSPS) is 9.82. The van der Waals surface area contributed by atoms with Crippen LogP contribution in [0.5, 0.6) is 5.75 Å². The number of rotatable bonds is 6. The zero-order valence-electron chi connectivity index (χ0n) is 12.5. The average Bonchev–Trinajstić information content (AvgIpc) is 2.53. The Balaban J connectivity index is 1.71. The molecule has 0 bridgehead atoms. The van der Waals surface area contributed by atoms with Crippen LogP contribution in [0.4, 0.5) is 5.69 Å². The third-order valence-electron chi connectivity index (χ3n) is 3.11. The summed E-state index contributed by atoms with van der Waals surface area (Å²) in [5.74, 6) is 0.732. The second kappa shape index (κ2) is 7.84. The Bertz CT molecular complexity index is 672. The number of aryl methyl sites for hydroxylation is 1. The minimum Gasteiger partial charge on any atom is -0.494 e. The van der Waals surface area contributed by atoms with Gasteiger partial charge in [0, 0.05) is 12.1 Å². The first-order chi connectivity index (χ1) is 10.7. The van der Waals surface area contributed by atoms with Gasteiger partial charge >= 0.3 is 0 Å². The fourth-order valence-corrected chi connectivity index (χ4v) is 1.95. The van der Waals surface area contributed by atoms with Crippen molar-refractivity contribution in [1.82, 2.24) is 0 Å². The Kier molecular flexibility index (Phi) is 5.56. The fourth-order valence-electron chi connectivity index (χ4n) is 1.95. The van der Waals surface area contributed by atoms with E-state index in [2.05, 4.69) is 5.32 Å². The van der Waals surface area contributed by atoms with E-state index in [0.29, 0.717) is 30.7 Å². The van der Waals surface area contributed by atoms with Gasteiger partial charge in [-0.15, -0.1) is 0 Å². The van der Waals surface area contributed by atoms with Crippen molar-refractivity contribution in [3.8, 4) is 11.8 Å². The second-order valence-electron chi connectivity index (χ2n) is 5.01. The molecule has 0 spiro atoms. The van der Waals surface area contributed by atoms with E-state index < -0.39 is 0 Å². The molecule has 0 aromatic heterocycles. The molecule has 0 radical (unpaired) electrons. The molecule has 22 heavy (non-hydrogen) atoms. The number of carbonyl (C=O) groups excluding carboxylic acids is 1. The molecular weight excluding hydrogens is 276 g/mol. The summed E-state index contributed by atoms with van der Waals surface area (Å²) in [6, 6.07) is 16.7. The lowest BCUT2D eigenvalue weighted by molar-refractivity contribution is -0.116. The van der Waals surface area contributed by atoms with Crippen LogP contribution in [0.3, 0.4) is 0 Å². The lowest BCUT2D eigenvalue weighted by Crippen LogP contribution is -2.12. The summed E-state index contributed by atoms with van der Waals surface area (Å²) in [4.78, 5) is 11.8. The van der Waals surface area contributed by atoms with Gasteiger partial charge in [-0.1, -0.05) is 23.8 Å². The number of carbonyl (C=O) groups is 1. The monoisotopic (exact) mass is 294 g/mol. The Morgan fingerprint density at radius 2 is 2.00 bits per heavy atom. The highest BCUT2D eigenvalue weighted by molar-refractivity contribution is 5.90. The van der Waals surface area contributed by atoms with Crippen molar-refractivity contribution in [1.29, 1.82) is 5.26 Å². The predicted octanol–water partition coefficient (Wildman–Crippen LogP) is 3.66. The van der Waals surface area contributed by atoms with E-state index >= 15 is 0 Å². The molecule has 1 amide bonds. The maximum Gasteiger partial charge on any atom is 0.224 e. The van der Waals surface area contributed by atoms with Crippen LogP contribution < -0.4 is 10.1 Å². The largest absolute Gasteiger partial charge is 0.494 e. The summed E-state index contributed by atoms with van der Waals surface area (Å²) in [5, 5.41) is 11.6. The van der Waals surface area contributed by atoms with Gasteiger partial charge in [-0.05, 0) is 43.7 Å². The number of hydrogen-bond donors (Lipinski definition) is 1. The number of nitriles is 1. The molecule has 0 fully saturated rings. The third kappa shape index (κ3) is 4.95. The van der Waals surface area contributed by atoms with Crippen molar-refractivity contribution >= 4 is 11.6 Å². The number of amides is 1. The van der Waals surface area contributed by atoms with Crippen molar-refractivity contribution < 1.29 is 9.53 Å². The Morgan fingerprint density at radius 3 is 2.73 bits per heavy atom. The van der Waals surface area contributed by atoms with Crippen molar-refractivity contribution in [3.63, 3.8) is 0 Å². The van der Waals surface area contributed by atoms with Gasteiger partial charge in [0.1, 0.15) is 5.75 Å². The maximum atomic E-state index is 11.8. The standard InChI is InChI=1S/C18H18N2O2/c1-14-7-9-17(10-8-14)22-11-3-6-18(21)20-16-5-2-4-15(12-16)13-19/h2,4-5,7-10,12H,3,6,11H2,1H3,(H,20,21). The van der Waals surface area contributed by atoms with Crippen LogP contribution >= 0.6 is 0 Å². The summed E-state index contributed by atoms with van der Waals surface area (Å²) >= 11 is 0. The fraction of sp³-hybridized carbons (Fsp3) is 0.222. The zero-order chi connectivity index (χ0) is 15.8. The minimum atomic E-state index is -0.0809. The summed E-state index contributed by atoms with van der Waals surface area (Å²) in [6.45, 7) is 2.52. The Morgan fingerprint density at radius 1 is 1.23 bits per heavy atom. The lowest BCUT2D eigenvalue weighted by Gasteiger charge is -2.07. The van der Waals surface area contributed by atoms with Gasteiger partial charge in [0.15, 0.2) is 0 Å². The molecule has 0 saturated carbocycles. The molecule has 2 rings (SSSR count). The SMILES string of the molecule is Cc1ccc(OCCCC(=O)Nc2cccc(C#N)c2)cc1. The summed E-state index contributed by atoms with van der Waals surface area (Å²) in [7, 11) is 0. The number of hydrogen-bond acceptors (Lipinski definition) is 3. The lowest BCUT2D eigenvalue weighted by atomic mass is 10.2. The highest BCUT2D eigenvalue weighted by Crippen LogP contribution is 2.13. The van der Waals surface area contributed by atoms with Gasteiger partial charge in [0.25, 0.3) is 0 Å². The first-order valence-corrected chi connectivity index (χ1v) is 7.17. The van der Waals surface area contributed by atoms with Crippen molar-refractivity contribution in [2.45, 2.75) is 19.8 Å². The number of benzene rings is 2. The van der Waals surface area contributed by atoms with Crippen LogP contribution in [0.25, 0.3) is 0 Å². The number of nitrogens with zero attached hydrogens (tertiary/aromatic N) is 1. The average molecular weight is 294 g/mol. The maximum absolute atomic E-state index is 11.8. The molecule has 1 N–H and O–H groups in total. The molecule has 4 heteroatoms. The van der Waals surface area contributed by atoms with Crippen molar-refractivity contribution in [2.75, 3.05) is 11.9 Å². The van der Waals surface area contributed by atoms with E-state index in [0.717, 1.165) is 5.75 Å². The zero-order valence-corrected chi connectivity index (χ0v) is 12.5. The topological polar surface area (TPSA) is 62.1 Å². The van der Waals surface area contributed by atoms with Crippen LogP contribution in [0.2, 0.25) is 0 Å². The van der Waals surface area contributed by atoms with Crippen LogP contribution in [-0.4, -0.2) is 12.5 Å². The summed E-state index contributed by atoms with van der Waals surface area (Å²) in [6.07, 6.45) is 1.01. The van der Waals surface area contributed by atoms with Gasteiger partial charge in [0.2, 0.25) is 5.91 Å². The Hall–Kier alpha value is -2.80. The van der Waals surface area contributed by atoms with Gasteiger partial charge in [-0.2, -0.15) is 5.26 Å². The predicted molar refractivity (Wildman–Crippen MR) is 85.7 cm³/mol. The molecule has 112 valence electrons. The molecule has 2 aromatic carbocycles. The van der Waals surface area contributed by atoms with Crippen LogP contribution in [-0.2, 0) is 4.79 Å². The molecule has 0 aliphatic rings. The minimum absolute atomic E-state index is 0.0809. The quantitative estimate of drug-likeness (QED) is 0.827. The van der Waals surface area contributed by atoms with E-state index in [-0.39, 0.29) is 5.91 Å². The second-order valence-corrected chi connectivity index (χ2v) is 5.01. The summed E-state index contributed by atoms with van der Waals surface area (Å²) in [5.41, 5.74) is 2.36. The molecule has 0 atom stereocenters. The van der Waals surface area contributed by atoms with E-state index in [1.54, 1.807) is 24.3 Å². The molecule has 4 nitrogen and oxygen atoms in total. The molecule has 2 aromatic rings. The van der Waals surface area contributed by atoms with Crippen LogP contribution in [0.1, 0.15) is 24.0 Å². The molecular formula is C18H18N2O2. The molecule has 0 aliphatic carbocycles. The number of anilines is 1. The van der Waals surface area contributed by atoms with Gasteiger partial charge < -0.3 is 10.1 Å². The van der Waals surface area contributed by atoms with Crippen LogP contribution in [0.15, 0.2) is 48.5 Å². The van der Waals surface area contributed by atoms with Gasteiger partial charge in [-0.25, -0.2) is 0 Å². The molecule has 0 heterocycles. The molecule has 0 unspecified atom stereocenters. The first-order valence-electron chi connectivity index (χ1n) is 7.17. The summed E-state index contributed by atoms with van der Waals surface area (Å²) < 4.78 is 5.58. The van der Waals surface area contributed by atoms with Crippen molar-refractivity contribution in [3.05, 3.63) is 59.7 Å². The van der Waals surface area contributed by atoms with Gasteiger partial charge in [0.05, 0.1) is 18.2 Å². The van der Waals surface area contributed by atoms with Crippen LogP contribution in [0, 0.1) is 18.3 Å². The molecule has 0 aliphatic heterocycles. The van der Waals surface area contributed by atoms with Crippen molar-refractivity contribution in [2.24, 2.45) is 0 Å². The molecule has 0 saturated heterocycles.